The molecule has 1 aromatic rings. The fraction of sp³-hybridized carbons (Fsp3) is 0.600. The van der Waals surface area contributed by atoms with Crippen LogP contribution in [0.3, 0.4) is 0 Å². The Bertz CT molecular complexity index is 651. The summed E-state index contributed by atoms with van der Waals surface area (Å²) in [6.07, 6.45) is 4.10. The second-order valence-corrected chi connectivity index (χ2v) is 6.63. The maximum absolute atomic E-state index is 12.9. The van der Waals surface area contributed by atoms with Crippen molar-refractivity contribution in [2.24, 2.45) is 0 Å². The summed E-state index contributed by atoms with van der Waals surface area (Å²) in [7, 11) is 4.56. The van der Waals surface area contributed by atoms with E-state index < -0.39 is 0 Å². The first kappa shape index (κ1) is 20.9. The van der Waals surface area contributed by atoms with Gasteiger partial charge in [0, 0.05) is 31.6 Å². The highest BCUT2D eigenvalue weighted by molar-refractivity contribution is 5.98. The highest BCUT2D eigenvalue weighted by Gasteiger charge is 2.28. The van der Waals surface area contributed by atoms with Gasteiger partial charge in [-0.3, -0.25) is 9.59 Å². The maximum atomic E-state index is 12.9. The Labute approximate surface area is 161 Å². The smallest absolute Gasteiger partial charge is 0.242 e. The molecule has 1 fully saturated rings. The number of likely N-dealkylation sites (tertiary alicyclic amines) is 1. The van der Waals surface area contributed by atoms with Gasteiger partial charge in [0.15, 0.2) is 11.5 Å². The predicted molar refractivity (Wildman–Crippen MR) is 104 cm³/mol. The first-order valence-corrected chi connectivity index (χ1v) is 9.34. The summed E-state index contributed by atoms with van der Waals surface area (Å²) in [5, 5.41) is 0. The summed E-state index contributed by atoms with van der Waals surface area (Å²) in [5.41, 5.74) is 0.537. The van der Waals surface area contributed by atoms with Crippen LogP contribution >= 0.6 is 0 Å². The van der Waals surface area contributed by atoms with E-state index in [-0.39, 0.29) is 24.4 Å². The van der Waals surface area contributed by atoms with Crippen molar-refractivity contribution in [2.45, 2.75) is 45.6 Å². The number of hydrogen-bond acceptors (Lipinski definition) is 5. The molecule has 7 nitrogen and oxygen atoms in total. The Kier molecular flexibility index (Phi) is 7.33. The molecule has 1 aliphatic heterocycles. The molecule has 1 unspecified atom stereocenters. The first-order valence-electron chi connectivity index (χ1n) is 9.34. The van der Waals surface area contributed by atoms with E-state index in [1.54, 1.807) is 12.1 Å². The molecule has 0 N–H and O–H groups in total. The number of benzene rings is 1. The normalized spacial score (nSPS) is 16.6. The van der Waals surface area contributed by atoms with Crippen molar-refractivity contribution in [1.29, 1.82) is 0 Å². The zero-order valence-corrected chi connectivity index (χ0v) is 16.9. The summed E-state index contributed by atoms with van der Waals surface area (Å²) in [4.78, 5) is 28.6. The molecule has 2 amide bonds. The van der Waals surface area contributed by atoms with Gasteiger partial charge in [-0.05, 0) is 25.7 Å². The quantitative estimate of drug-likeness (QED) is 0.730. The minimum atomic E-state index is -0.220. The molecule has 0 spiro atoms. The van der Waals surface area contributed by atoms with Crippen molar-refractivity contribution in [3.05, 3.63) is 12.1 Å². The van der Waals surface area contributed by atoms with Crippen molar-refractivity contribution >= 4 is 17.5 Å². The van der Waals surface area contributed by atoms with Crippen molar-refractivity contribution in [3.8, 4) is 17.2 Å². The first-order chi connectivity index (χ1) is 13.0. The van der Waals surface area contributed by atoms with E-state index in [2.05, 4.69) is 6.92 Å². The molecule has 0 aliphatic carbocycles. The van der Waals surface area contributed by atoms with Crippen LogP contribution in [-0.4, -0.2) is 57.2 Å². The van der Waals surface area contributed by atoms with E-state index in [1.807, 2.05) is 4.90 Å². The zero-order chi connectivity index (χ0) is 20.0. The molecule has 0 aromatic heterocycles. The number of anilines is 1. The molecule has 1 aromatic carbocycles. The predicted octanol–water partition coefficient (Wildman–Crippen LogP) is 2.86. The van der Waals surface area contributed by atoms with E-state index in [0.29, 0.717) is 22.9 Å². The highest BCUT2D eigenvalue weighted by Crippen LogP contribution is 2.41. The molecular weight excluding hydrogens is 348 g/mol. The van der Waals surface area contributed by atoms with Crippen LogP contribution < -0.4 is 19.1 Å². The lowest BCUT2D eigenvalue weighted by molar-refractivity contribution is -0.134. The largest absolute Gasteiger partial charge is 0.493 e. The van der Waals surface area contributed by atoms with E-state index in [4.69, 9.17) is 14.2 Å². The Balaban J connectivity index is 2.32. The Hall–Kier alpha value is -2.44. The number of methoxy groups -OCH3 is 3. The minimum Gasteiger partial charge on any atom is -0.493 e. The van der Waals surface area contributed by atoms with Gasteiger partial charge in [0.1, 0.15) is 6.54 Å². The molecular formula is C20H30N2O5. The number of hydrogen-bond donors (Lipinski definition) is 0. The summed E-state index contributed by atoms with van der Waals surface area (Å²) < 4.78 is 16.1. The fourth-order valence-corrected chi connectivity index (χ4v) is 3.59. The molecule has 2 rings (SSSR count). The van der Waals surface area contributed by atoms with Gasteiger partial charge in [0.25, 0.3) is 0 Å². The third-order valence-electron chi connectivity index (χ3n) is 5.05. The molecule has 0 saturated carbocycles. The van der Waals surface area contributed by atoms with Crippen LogP contribution in [-0.2, 0) is 9.59 Å². The van der Waals surface area contributed by atoms with E-state index in [9.17, 15) is 9.59 Å². The Morgan fingerprint density at radius 3 is 2.22 bits per heavy atom. The third kappa shape index (κ3) is 4.64. The number of nitrogens with zero attached hydrogens (tertiary/aromatic N) is 2. The molecule has 1 saturated heterocycles. The zero-order valence-electron chi connectivity index (χ0n) is 16.9. The summed E-state index contributed by atoms with van der Waals surface area (Å²) >= 11 is 0. The number of ether oxygens (including phenoxy) is 3. The third-order valence-corrected chi connectivity index (χ3v) is 5.05. The van der Waals surface area contributed by atoms with Crippen LogP contribution in [0, 0.1) is 0 Å². The van der Waals surface area contributed by atoms with Gasteiger partial charge in [-0.25, -0.2) is 0 Å². The topological polar surface area (TPSA) is 68.3 Å². The number of carbonyl (C=O) groups is 2. The van der Waals surface area contributed by atoms with Crippen LogP contribution in [0.5, 0.6) is 17.2 Å². The number of amides is 2. The fourth-order valence-electron chi connectivity index (χ4n) is 3.59. The lowest BCUT2D eigenvalue weighted by Gasteiger charge is -2.36. The average molecular weight is 378 g/mol. The summed E-state index contributed by atoms with van der Waals surface area (Å²) in [6, 6.07) is 3.62. The number of rotatable bonds is 7. The van der Waals surface area contributed by atoms with E-state index >= 15 is 0 Å². The van der Waals surface area contributed by atoms with Crippen LogP contribution in [0.4, 0.5) is 5.69 Å². The second-order valence-electron chi connectivity index (χ2n) is 6.63. The minimum absolute atomic E-state index is 0.00945. The van der Waals surface area contributed by atoms with Crippen molar-refractivity contribution in [3.63, 3.8) is 0 Å². The Morgan fingerprint density at radius 1 is 1.11 bits per heavy atom. The second kappa shape index (κ2) is 9.48. The molecule has 27 heavy (non-hydrogen) atoms. The molecule has 1 heterocycles. The van der Waals surface area contributed by atoms with Gasteiger partial charge in [0.2, 0.25) is 17.6 Å². The summed E-state index contributed by atoms with van der Waals surface area (Å²) in [6.45, 7) is 4.28. The highest BCUT2D eigenvalue weighted by atomic mass is 16.5. The molecule has 1 atom stereocenters. The molecule has 0 radical (unpaired) electrons. The molecule has 150 valence electrons. The Morgan fingerprint density at radius 2 is 1.74 bits per heavy atom. The maximum Gasteiger partial charge on any atom is 0.242 e. The molecule has 1 aliphatic rings. The molecule has 0 bridgehead atoms. The van der Waals surface area contributed by atoms with Crippen molar-refractivity contribution < 1.29 is 23.8 Å². The van der Waals surface area contributed by atoms with Crippen LogP contribution in [0.25, 0.3) is 0 Å². The van der Waals surface area contributed by atoms with Gasteiger partial charge in [-0.15, -0.1) is 0 Å². The lowest BCUT2D eigenvalue weighted by atomic mass is 10.00. The average Bonchev–Trinajstić information content (AvgIpc) is 2.70. The van der Waals surface area contributed by atoms with Crippen LogP contribution in [0.2, 0.25) is 0 Å². The van der Waals surface area contributed by atoms with Crippen molar-refractivity contribution in [1.82, 2.24) is 4.90 Å². The van der Waals surface area contributed by atoms with Gasteiger partial charge in [-0.1, -0.05) is 6.92 Å². The van der Waals surface area contributed by atoms with Gasteiger partial charge < -0.3 is 24.0 Å². The van der Waals surface area contributed by atoms with Gasteiger partial charge in [0.05, 0.1) is 27.0 Å². The SMILES string of the molecule is CCC1CCCCN1C(=O)CN(C(C)=O)c1cc(OC)c(OC)c(OC)c1. The standard InChI is InChI=1S/C20H30N2O5/c1-6-15-9-7-8-10-21(15)19(24)13-22(14(2)23)16-11-17(25-3)20(27-5)18(12-16)26-4/h11-12,15H,6-10,13H2,1-5H3. The van der Waals surface area contributed by atoms with E-state index in [1.165, 1.54) is 33.2 Å². The van der Waals surface area contributed by atoms with Gasteiger partial charge >= 0.3 is 0 Å². The van der Waals surface area contributed by atoms with E-state index in [0.717, 1.165) is 32.2 Å². The number of piperidine rings is 1. The summed E-state index contributed by atoms with van der Waals surface area (Å²) in [5.74, 6) is 1.07. The van der Waals surface area contributed by atoms with Crippen LogP contribution in [0.15, 0.2) is 12.1 Å². The van der Waals surface area contributed by atoms with Gasteiger partial charge in [-0.2, -0.15) is 0 Å². The number of carbonyl (C=O) groups excluding carboxylic acids is 2. The van der Waals surface area contributed by atoms with Crippen LogP contribution in [0.1, 0.15) is 39.5 Å². The lowest BCUT2D eigenvalue weighted by Crippen LogP contribution is -2.48. The van der Waals surface area contributed by atoms with Crippen molar-refractivity contribution in [2.75, 3.05) is 39.3 Å². The monoisotopic (exact) mass is 378 g/mol. The molecule has 7 heteroatoms.